The summed E-state index contributed by atoms with van der Waals surface area (Å²) in [5.41, 5.74) is -1.21. The van der Waals surface area contributed by atoms with Crippen molar-refractivity contribution in [3.63, 3.8) is 0 Å². The number of halogens is 4. The van der Waals surface area contributed by atoms with E-state index in [0.29, 0.717) is 13.1 Å². The van der Waals surface area contributed by atoms with Gasteiger partial charge in [0, 0.05) is 18.1 Å². The number of unbranched alkanes of at least 4 members (excludes halogenated alkanes) is 2. The van der Waals surface area contributed by atoms with E-state index < -0.39 is 17.8 Å². The molecule has 0 aromatic heterocycles. The number of carbonyl (C=O) groups excluding carboxylic acids is 1. The Labute approximate surface area is 139 Å². The summed E-state index contributed by atoms with van der Waals surface area (Å²) >= 11 is 5.64. The number of alkyl halides is 3. The minimum atomic E-state index is -4.58. The van der Waals surface area contributed by atoms with E-state index in [0.717, 1.165) is 31.7 Å². The molecule has 0 heterocycles. The lowest BCUT2D eigenvalue weighted by molar-refractivity contribution is -0.136. The SMILES string of the molecule is CCCCN(CCCC)C(=O)Nc1ccc(Cl)cc1C(F)(F)F. The van der Waals surface area contributed by atoms with E-state index >= 15 is 0 Å². The van der Waals surface area contributed by atoms with Crippen LogP contribution in [0.2, 0.25) is 5.02 Å². The lowest BCUT2D eigenvalue weighted by Gasteiger charge is -2.24. The first-order chi connectivity index (χ1) is 10.8. The summed E-state index contributed by atoms with van der Waals surface area (Å²) in [6.07, 6.45) is -1.14. The molecule has 0 aliphatic rings. The summed E-state index contributed by atoms with van der Waals surface area (Å²) in [5.74, 6) is 0. The monoisotopic (exact) mass is 350 g/mol. The molecular formula is C16H22ClF3N2O. The highest BCUT2D eigenvalue weighted by Gasteiger charge is 2.34. The number of benzene rings is 1. The van der Waals surface area contributed by atoms with Crippen LogP contribution in [0.25, 0.3) is 0 Å². The molecule has 1 N–H and O–H groups in total. The number of rotatable bonds is 7. The van der Waals surface area contributed by atoms with Gasteiger partial charge in [0.05, 0.1) is 11.3 Å². The van der Waals surface area contributed by atoms with Crippen molar-refractivity contribution in [3.8, 4) is 0 Å². The third-order valence-electron chi connectivity index (χ3n) is 3.38. The van der Waals surface area contributed by atoms with Crippen LogP contribution in [-0.2, 0) is 6.18 Å². The minimum Gasteiger partial charge on any atom is -0.325 e. The molecule has 0 radical (unpaired) electrons. The maximum Gasteiger partial charge on any atom is 0.418 e. The Bertz CT molecular complexity index is 513. The zero-order chi connectivity index (χ0) is 17.5. The first kappa shape index (κ1) is 19.6. The highest BCUT2D eigenvalue weighted by Crippen LogP contribution is 2.36. The molecule has 1 rings (SSSR count). The molecule has 1 aromatic carbocycles. The zero-order valence-corrected chi connectivity index (χ0v) is 14.1. The quantitative estimate of drug-likeness (QED) is 0.662. The Kier molecular flexibility index (Phi) is 7.68. The molecule has 1 aromatic rings. The number of nitrogens with zero attached hydrogens (tertiary/aromatic N) is 1. The smallest absolute Gasteiger partial charge is 0.325 e. The van der Waals surface area contributed by atoms with Gasteiger partial charge in [-0.05, 0) is 31.0 Å². The first-order valence-electron chi connectivity index (χ1n) is 7.72. The second-order valence-corrected chi connectivity index (χ2v) is 5.75. The molecule has 0 saturated heterocycles. The maximum absolute atomic E-state index is 13.1. The summed E-state index contributed by atoms with van der Waals surface area (Å²) in [5, 5.41) is 2.35. The Morgan fingerprint density at radius 1 is 1.17 bits per heavy atom. The van der Waals surface area contributed by atoms with E-state index in [2.05, 4.69) is 5.32 Å². The van der Waals surface area contributed by atoms with E-state index in [9.17, 15) is 18.0 Å². The lowest BCUT2D eigenvalue weighted by Crippen LogP contribution is -2.37. The van der Waals surface area contributed by atoms with E-state index in [1.807, 2.05) is 13.8 Å². The highest BCUT2D eigenvalue weighted by molar-refractivity contribution is 6.30. The predicted molar refractivity (Wildman–Crippen MR) is 86.9 cm³/mol. The Morgan fingerprint density at radius 3 is 2.22 bits per heavy atom. The third kappa shape index (κ3) is 6.29. The number of anilines is 1. The Hall–Kier alpha value is -1.43. The Morgan fingerprint density at radius 2 is 1.74 bits per heavy atom. The molecule has 0 aliphatic carbocycles. The minimum absolute atomic E-state index is 0.0239. The van der Waals surface area contributed by atoms with Crippen LogP contribution in [0.3, 0.4) is 0 Å². The summed E-state index contributed by atoms with van der Waals surface area (Å²) in [4.78, 5) is 13.9. The van der Waals surface area contributed by atoms with Gasteiger partial charge in [0.15, 0.2) is 0 Å². The lowest BCUT2D eigenvalue weighted by atomic mass is 10.1. The van der Waals surface area contributed by atoms with Crippen LogP contribution in [-0.4, -0.2) is 24.0 Å². The van der Waals surface area contributed by atoms with Crippen LogP contribution in [0, 0.1) is 0 Å². The van der Waals surface area contributed by atoms with Gasteiger partial charge in [-0.3, -0.25) is 0 Å². The molecule has 23 heavy (non-hydrogen) atoms. The van der Waals surface area contributed by atoms with Gasteiger partial charge >= 0.3 is 12.2 Å². The van der Waals surface area contributed by atoms with Crippen LogP contribution >= 0.6 is 11.6 Å². The average molecular weight is 351 g/mol. The molecular weight excluding hydrogens is 329 g/mol. The van der Waals surface area contributed by atoms with Gasteiger partial charge in [-0.25, -0.2) is 4.79 Å². The second kappa shape index (κ2) is 9.01. The van der Waals surface area contributed by atoms with Gasteiger partial charge in [0.1, 0.15) is 0 Å². The largest absolute Gasteiger partial charge is 0.418 e. The molecule has 130 valence electrons. The summed E-state index contributed by atoms with van der Waals surface area (Å²) in [6, 6.07) is 2.81. The standard InChI is InChI=1S/C16H22ClF3N2O/c1-3-5-9-22(10-6-4-2)15(23)21-14-8-7-12(17)11-13(14)16(18,19)20/h7-8,11H,3-6,9-10H2,1-2H3,(H,21,23). The Balaban J connectivity index is 2.93. The van der Waals surface area contributed by atoms with Gasteiger partial charge < -0.3 is 10.2 Å². The van der Waals surface area contributed by atoms with Crippen LogP contribution in [0.4, 0.5) is 23.7 Å². The molecule has 2 amide bonds. The number of hydrogen-bond donors (Lipinski definition) is 1. The van der Waals surface area contributed by atoms with Gasteiger partial charge in [-0.2, -0.15) is 13.2 Å². The van der Waals surface area contributed by atoms with Crippen molar-refractivity contribution in [1.29, 1.82) is 0 Å². The summed E-state index contributed by atoms with van der Waals surface area (Å²) in [6.45, 7) is 5.04. The van der Waals surface area contributed by atoms with Crippen molar-refractivity contribution in [2.45, 2.75) is 45.7 Å². The fraction of sp³-hybridized carbons (Fsp3) is 0.562. The molecule has 0 atom stereocenters. The van der Waals surface area contributed by atoms with Gasteiger partial charge in [0.2, 0.25) is 0 Å². The van der Waals surface area contributed by atoms with Crippen molar-refractivity contribution >= 4 is 23.3 Å². The van der Waals surface area contributed by atoms with Crippen molar-refractivity contribution in [3.05, 3.63) is 28.8 Å². The van der Waals surface area contributed by atoms with Crippen molar-refractivity contribution < 1.29 is 18.0 Å². The van der Waals surface area contributed by atoms with Crippen LogP contribution < -0.4 is 5.32 Å². The molecule has 0 saturated carbocycles. The number of amides is 2. The first-order valence-corrected chi connectivity index (χ1v) is 8.10. The van der Waals surface area contributed by atoms with Crippen molar-refractivity contribution in [2.75, 3.05) is 18.4 Å². The number of urea groups is 1. The van der Waals surface area contributed by atoms with E-state index in [1.165, 1.54) is 12.1 Å². The normalized spacial score (nSPS) is 11.4. The number of hydrogen-bond acceptors (Lipinski definition) is 1. The van der Waals surface area contributed by atoms with Crippen molar-refractivity contribution in [2.24, 2.45) is 0 Å². The van der Waals surface area contributed by atoms with Crippen LogP contribution in [0.5, 0.6) is 0 Å². The fourth-order valence-corrected chi connectivity index (χ4v) is 2.24. The molecule has 0 bridgehead atoms. The van der Waals surface area contributed by atoms with Crippen LogP contribution in [0.1, 0.15) is 45.1 Å². The highest BCUT2D eigenvalue weighted by atomic mass is 35.5. The van der Waals surface area contributed by atoms with Gasteiger partial charge in [-0.15, -0.1) is 0 Å². The predicted octanol–water partition coefficient (Wildman–Crippen LogP) is 5.79. The number of nitrogens with one attached hydrogen (secondary N) is 1. The molecule has 3 nitrogen and oxygen atoms in total. The molecule has 0 aliphatic heterocycles. The zero-order valence-electron chi connectivity index (χ0n) is 13.3. The topological polar surface area (TPSA) is 32.3 Å². The second-order valence-electron chi connectivity index (χ2n) is 5.31. The molecule has 0 fully saturated rings. The molecule has 0 spiro atoms. The third-order valence-corrected chi connectivity index (χ3v) is 3.61. The maximum atomic E-state index is 13.1. The van der Waals surface area contributed by atoms with Gasteiger partial charge in [-0.1, -0.05) is 38.3 Å². The fourth-order valence-electron chi connectivity index (χ4n) is 2.07. The van der Waals surface area contributed by atoms with Crippen molar-refractivity contribution in [1.82, 2.24) is 4.90 Å². The molecule has 0 unspecified atom stereocenters. The number of carbonyl (C=O) groups is 1. The summed E-state index contributed by atoms with van der Waals surface area (Å²) in [7, 11) is 0. The van der Waals surface area contributed by atoms with Crippen LogP contribution in [0.15, 0.2) is 18.2 Å². The average Bonchev–Trinajstić information content (AvgIpc) is 2.48. The molecule has 7 heteroatoms. The van der Waals surface area contributed by atoms with E-state index in [4.69, 9.17) is 11.6 Å². The summed E-state index contributed by atoms with van der Waals surface area (Å²) < 4.78 is 39.2. The van der Waals surface area contributed by atoms with E-state index in [1.54, 1.807) is 4.90 Å². The van der Waals surface area contributed by atoms with Gasteiger partial charge in [0.25, 0.3) is 0 Å². The van der Waals surface area contributed by atoms with E-state index in [-0.39, 0.29) is 10.7 Å².